The van der Waals surface area contributed by atoms with Crippen molar-refractivity contribution in [3.05, 3.63) is 251 Å². The summed E-state index contributed by atoms with van der Waals surface area (Å²) in [5.41, 5.74) is 32.2. The smallest absolute Gasteiger partial charge is 0.252 e. The Morgan fingerprint density at radius 1 is 0.360 bits per heavy atom. The molecular formula is C96H104BN3. The Hall–Kier alpha value is -8.34. The molecule has 8 aliphatic rings. The van der Waals surface area contributed by atoms with E-state index in [9.17, 15) is 0 Å². The van der Waals surface area contributed by atoms with Gasteiger partial charge in [-0.2, -0.15) is 0 Å². The molecule has 0 bridgehead atoms. The molecule has 9 aromatic rings. The van der Waals surface area contributed by atoms with Crippen LogP contribution in [-0.2, 0) is 16.2 Å². The van der Waals surface area contributed by atoms with Crippen molar-refractivity contribution in [2.24, 2.45) is 23.7 Å². The van der Waals surface area contributed by atoms with Gasteiger partial charge in [-0.1, -0.05) is 243 Å². The quantitative estimate of drug-likeness (QED) is 0.0999. The standard InChI is InChI=1S/C96H104BN3/c1-94(2,3)73-48-45-66(46-49-73)72-58-89-91-90(59-72)100(93-79(69-33-21-13-22-34-69)39-26-40-80(93)70-35-23-14-24-36-70)88-62-76(98-86-60-74(95(4,5)6)50-53-81(86)82-54-51-75(61-87(82)98)96(7,8)9)52-55-83(88)97(91)84-57-71(65-43-41-64(42-44-65)63-27-15-10-16-28-63)47-56-85(84)99(89)92-77(67-29-17-11-18-30-67)37-25-38-78(92)68-31-19-12-20-32-68/h10-11,13,15-17,21,27-28,31,35,37,39,41-62,67,69,78,80,92-93H,12,14,18-20,22-26,29-30,32-34,36,38,40H2,1-9H3. The van der Waals surface area contributed by atoms with E-state index in [1.165, 1.54) is 187 Å². The summed E-state index contributed by atoms with van der Waals surface area (Å²) in [6, 6.07) is 66.6. The van der Waals surface area contributed by atoms with E-state index >= 15 is 0 Å². The maximum absolute atomic E-state index is 3.08. The Balaban J connectivity index is 0.998. The molecule has 1 aromatic heterocycles. The van der Waals surface area contributed by atoms with E-state index in [-0.39, 0.29) is 35.0 Å². The molecule has 4 heteroatoms. The van der Waals surface area contributed by atoms with Gasteiger partial charge in [0.25, 0.3) is 6.71 Å². The van der Waals surface area contributed by atoms with E-state index in [0.717, 1.165) is 44.9 Å². The van der Waals surface area contributed by atoms with Crippen molar-refractivity contribution >= 4 is 67.7 Å². The van der Waals surface area contributed by atoms with Gasteiger partial charge in [0.2, 0.25) is 0 Å². The highest BCUT2D eigenvalue weighted by Crippen LogP contribution is 2.54. The average Bonchev–Trinajstić information content (AvgIpc) is 0.867. The number of nitrogens with zero attached hydrogens (tertiary/aromatic N) is 3. The van der Waals surface area contributed by atoms with Crippen LogP contribution in [-0.4, -0.2) is 23.4 Å². The summed E-state index contributed by atoms with van der Waals surface area (Å²) in [7, 11) is 0. The zero-order valence-corrected chi connectivity index (χ0v) is 61.3. The Bertz CT molecular complexity index is 4750. The first-order valence-electron chi connectivity index (χ1n) is 39.0. The molecule has 8 aromatic carbocycles. The van der Waals surface area contributed by atoms with Crippen molar-refractivity contribution < 1.29 is 0 Å². The van der Waals surface area contributed by atoms with E-state index in [4.69, 9.17) is 0 Å². The fourth-order valence-corrected chi connectivity index (χ4v) is 19.7. The average molecular weight is 1310 g/mol. The van der Waals surface area contributed by atoms with Gasteiger partial charge in [-0.15, -0.1) is 0 Å². The van der Waals surface area contributed by atoms with E-state index in [2.05, 4.69) is 289 Å². The predicted molar refractivity (Wildman–Crippen MR) is 430 cm³/mol. The minimum absolute atomic E-state index is 0.0236. The van der Waals surface area contributed by atoms with Crippen LogP contribution >= 0.6 is 0 Å². The van der Waals surface area contributed by atoms with Crippen LogP contribution in [0, 0.1) is 23.7 Å². The lowest BCUT2D eigenvalue weighted by Crippen LogP contribution is -2.65. The molecule has 3 nitrogen and oxygen atoms in total. The number of benzene rings is 8. The van der Waals surface area contributed by atoms with Crippen LogP contribution in [0.1, 0.15) is 195 Å². The maximum Gasteiger partial charge on any atom is 0.252 e. The number of rotatable bonds is 10. The Labute approximate surface area is 598 Å². The van der Waals surface area contributed by atoms with Crippen molar-refractivity contribution in [1.29, 1.82) is 0 Å². The molecule has 3 heterocycles. The molecule has 6 aliphatic carbocycles. The second-order valence-corrected chi connectivity index (χ2v) is 34.4. The van der Waals surface area contributed by atoms with Gasteiger partial charge in [-0.25, -0.2) is 0 Å². The molecule has 0 amide bonds. The number of fused-ring (bicyclic) bond motifs is 7. The third-order valence-corrected chi connectivity index (χ3v) is 25.1. The highest BCUT2D eigenvalue weighted by molar-refractivity contribution is 7.00. The van der Waals surface area contributed by atoms with Crippen LogP contribution in [0.2, 0.25) is 0 Å². The van der Waals surface area contributed by atoms with Gasteiger partial charge in [-0.3, -0.25) is 0 Å². The third kappa shape index (κ3) is 11.7. The minimum Gasteiger partial charge on any atom is -0.334 e. The molecule has 6 unspecified atom stereocenters. The van der Waals surface area contributed by atoms with Crippen LogP contribution in [0.15, 0.2) is 235 Å². The molecule has 0 spiro atoms. The van der Waals surface area contributed by atoms with E-state index < -0.39 is 0 Å². The monoisotopic (exact) mass is 1310 g/mol. The number of allylic oxidation sites excluding steroid dienone is 8. The molecular weight excluding hydrogens is 1210 g/mol. The lowest BCUT2D eigenvalue weighted by atomic mass is 9.33. The van der Waals surface area contributed by atoms with Crippen LogP contribution in [0.3, 0.4) is 0 Å². The van der Waals surface area contributed by atoms with Gasteiger partial charge in [0.15, 0.2) is 0 Å². The summed E-state index contributed by atoms with van der Waals surface area (Å²) >= 11 is 0. The summed E-state index contributed by atoms with van der Waals surface area (Å²) in [4.78, 5) is 6.13. The van der Waals surface area contributed by atoms with E-state index in [0.29, 0.717) is 23.7 Å². The molecule has 0 saturated carbocycles. The van der Waals surface area contributed by atoms with Crippen LogP contribution < -0.4 is 26.2 Å². The lowest BCUT2D eigenvalue weighted by molar-refractivity contribution is 0.391. The lowest BCUT2D eigenvalue weighted by Gasteiger charge is -2.53. The molecule has 506 valence electrons. The van der Waals surface area contributed by atoms with Crippen LogP contribution in [0.25, 0.3) is 60.9 Å². The summed E-state index contributed by atoms with van der Waals surface area (Å²) in [5.74, 6) is 1.73. The zero-order valence-electron chi connectivity index (χ0n) is 61.3. The number of hydrogen-bond acceptors (Lipinski definition) is 2. The summed E-state index contributed by atoms with van der Waals surface area (Å²) in [6.45, 7) is 21.3. The molecule has 0 radical (unpaired) electrons. The normalized spacial score (nSPS) is 22.4. The molecule has 100 heavy (non-hydrogen) atoms. The van der Waals surface area contributed by atoms with Crippen molar-refractivity contribution in [3.63, 3.8) is 0 Å². The van der Waals surface area contributed by atoms with Gasteiger partial charge in [0.1, 0.15) is 0 Å². The number of hydrogen-bond donors (Lipinski definition) is 0. The summed E-state index contributed by atoms with van der Waals surface area (Å²) in [6.07, 6.45) is 42.4. The van der Waals surface area contributed by atoms with Gasteiger partial charge >= 0.3 is 0 Å². The second kappa shape index (κ2) is 25.9. The SMILES string of the molecule is CC(C)(C)c1ccc(-c2cc3c4c(c2)N(C2C(C5CC=CCC5)=CCCC2C2=CCCCC2)c2cc(-n5c6cc(C(C)(C)C)ccc6c6ccc(C(C)(C)C)cc65)ccc2B4c2cc(-c4ccc(-c5ccccc5)cc4)ccc2N3C2C(C3CC=CCC3)=CCCC2C2=CCCCC2)cc1. The van der Waals surface area contributed by atoms with Crippen molar-refractivity contribution in [3.8, 4) is 39.1 Å². The van der Waals surface area contributed by atoms with Crippen molar-refractivity contribution in [2.75, 3.05) is 9.80 Å². The van der Waals surface area contributed by atoms with Crippen molar-refractivity contribution in [1.82, 2.24) is 4.57 Å². The summed E-state index contributed by atoms with van der Waals surface area (Å²) < 4.78 is 2.69. The first-order valence-corrected chi connectivity index (χ1v) is 39.0. The Kier molecular flexibility index (Phi) is 16.9. The first-order chi connectivity index (χ1) is 48.5. The number of aromatic nitrogens is 1. The Morgan fingerprint density at radius 2 is 0.850 bits per heavy atom. The highest BCUT2D eigenvalue weighted by Gasteiger charge is 2.51. The highest BCUT2D eigenvalue weighted by atomic mass is 15.2. The number of anilines is 4. The van der Waals surface area contributed by atoms with Crippen molar-refractivity contribution in [2.45, 2.75) is 206 Å². The van der Waals surface area contributed by atoms with Gasteiger partial charge in [-0.05, 0) is 264 Å². The van der Waals surface area contributed by atoms with Gasteiger partial charge in [0.05, 0.1) is 23.1 Å². The zero-order chi connectivity index (χ0) is 68.2. The maximum atomic E-state index is 3.08. The second-order valence-electron chi connectivity index (χ2n) is 34.4. The molecule has 2 aliphatic heterocycles. The van der Waals surface area contributed by atoms with Gasteiger partial charge < -0.3 is 14.4 Å². The predicted octanol–water partition coefficient (Wildman–Crippen LogP) is 24.2. The topological polar surface area (TPSA) is 11.4 Å². The third-order valence-electron chi connectivity index (χ3n) is 25.1. The van der Waals surface area contributed by atoms with E-state index in [1.807, 2.05) is 0 Å². The minimum atomic E-state index is -0.0579. The molecule has 6 atom stereocenters. The fourth-order valence-electron chi connectivity index (χ4n) is 19.7. The van der Waals surface area contributed by atoms with Crippen LogP contribution in [0.5, 0.6) is 0 Å². The fraction of sp³-hybridized carbons (Fsp3) is 0.375. The largest absolute Gasteiger partial charge is 0.334 e. The van der Waals surface area contributed by atoms with Crippen LogP contribution in [0.4, 0.5) is 22.7 Å². The molecule has 0 N–H and O–H groups in total. The first kappa shape index (κ1) is 65.0. The van der Waals surface area contributed by atoms with E-state index in [1.54, 1.807) is 22.3 Å². The Morgan fingerprint density at radius 3 is 1.36 bits per heavy atom. The van der Waals surface area contributed by atoms with Gasteiger partial charge in [0, 0.05) is 51.0 Å². The molecule has 0 fully saturated rings. The molecule has 17 rings (SSSR count). The molecule has 0 saturated heterocycles. The summed E-state index contributed by atoms with van der Waals surface area (Å²) in [5, 5.41) is 2.63.